The number of fused-ring (bicyclic) bond motifs is 1. The molecule has 5 heterocycles. The lowest BCUT2D eigenvalue weighted by molar-refractivity contribution is -0.134. The third-order valence-corrected chi connectivity index (χ3v) is 9.49. The predicted molar refractivity (Wildman–Crippen MR) is 178 cm³/mol. The molecule has 0 aliphatic carbocycles. The van der Waals surface area contributed by atoms with Crippen LogP contribution in [0.3, 0.4) is 0 Å². The Morgan fingerprint density at radius 3 is 2.67 bits per heavy atom. The van der Waals surface area contributed by atoms with Crippen LogP contribution >= 0.6 is 11.6 Å². The Hall–Kier alpha value is -4.71. The SMILES string of the molecule is C[C@@H]1CN(c2nc(Nc3cccc(N4CCCC4=O)c3)ncc2Cl)CC[C@H]1Nc1ccc2c(C3CCC(=O)NC3=O)nn(C)c2c1. The van der Waals surface area contributed by atoms with E-state index in [-0.39, 0.29) is 29.7 Å². The molecule has 1 unspecified atom stereocenters. The van der Waals surface area contributed by atoms with E-state index in [4.69, 9.17) is 16.6 Å². The molecule has 46 heavy (non-hydrogen) atoms. The highest BCUT2D eigenvalue weighted by Crippen LogP contribution is 2.34. The zero-order valence-electron chi connectivity index (χ0n) is 25.8. The Kier molecular flexibility index (Phi) is 7.97. The van der Waals surface area contributed by atoms with E-state index in [0.717, 1.165) is 60.4 Å². The van der Waals surface area contributed by atoms with Crippen molar-refractivity contribution >= 4 is 69.1 Å². The van der Waals surface area contributed by atoms with Gasteiger partial charge in [0.25, 0.3) is 0 Å². The average Bonchev–Trinajstić information content (AvgIpc) is 3.61. The number of piperidine rings is 2. The molecular weight excluding hydrogens is 606 g/mol. The summed E-state index contributed by atoms with van der Waals surface area (Å²) in [6.07, 6.45) is 4.74. The number of hydrogen-bond acceptors (Lipinski definition) is 9. The number of imide groups is 1. The minimum absolute atomic E-state index is 0.144. The molecule has 2 aromatic carbocycles. The van der Waals surface area contributed by atoms with Gasteiger partial charge in [-0.3, -0.25) is 24.4 Å². The van der Waals surface area contributed by atoms with Gasteiger partial charge in [0.1, 0.15) is 5.02 Å². The molecule has 0 bridgehead atoms. The van der Waals surface area contributed by atoms with Gasteiger partial charge >= 0.3 is 0 Å². The van der Waals surface area contributed by atoms with Crippen molar-refractivity contribution in [2.24, 2.45) is 13.0 Å². The molecule has 0 saturated carbocycles. The molecule has 7 rings (SSSR count). The van der Waals surface area contributed by atoms with E-state index in [1.807, 2.05) is 48.3 Å². The van der Waals surface area contributed by atoms with E-state index in [1.54, 1.807) is 10.9 Å². The van der Waals surface area contributed by atoms with Crippen LogP contribution < -0.4 is 25.8 Å². The van der Waals surface area contributed by atoms with Crippen LogP contribution in [0.2, 0.25) is 5.02 Å². The third-order valence-electron chi connectivity index (χ3n) is 9.22. The second kappa shape index (κ2) is 12.2. The topological polar surface area (TPSA) is 137 Å². The van der Waals surface area contributed by atoms with Crippen LogP contribution in [0.1, 0.15) is 50.6 Å². The summed E-state index contributed by atoms with van der Waals surface area (Å²) >= 11 is 6.61. The summed E-state index contributed by atoms with van der Waals surface area (Å²) in [6, 6.07) is 14.1. The van der Waals surface area contributed by atoms with Crippen LogP contribution in [-0.4, -0.2) is 63.1 Å². The van der Waals surface area contributed by atoms with Crippen molar-refractivity contribution in [3.05, 3.63) is 59.4 Å². The Bertz CT molecular complexity index is 1840. The van der Waals surface area contributed by atoms with Crippen molar-refractivity contribution in [3.8, 4) is 0 Å². The average molecular weight is 642 g/mol. The Morgan fingerprint density at radius 2 is 1.89 bits per heavy atom. The number of aryl methyl sites for hydroxylation is 1. The first-order chi connectivity index (χ1) is 22.2. The summed E-state index contributed by atoms with van der Waals surface area (Å²) in [5, 5.41) is 15.5. The summed E-state index contributed by atoms with van der Waals surface area (Å²) in [5.74, 6) is 0.615. The number of nitrogens with zero attached hydrogens (tertiary/aromatic N) is 6. The summed E-state index contributed by atoms with van der Waals surface area (Å²) in [5.41, 5.74) is 4.29. The lowest BCUT2D eigenvalue weighted by Gasteiger charge is -2.38. The fourth-order valence-electron chi connectivity index (χ4n) is 6.80. The normalized spacial score (nSPS) is 22.0. The number of halogens is 1. The van der Waals surface area contributed by atoms with E-state index in [2.05, 4.69) is 43.9 Å². The predicted octanol–water partition coefficient (Wildman–Crippen LogP) is 4.73. The van der Waals surface area contributed by atoms with Gasteiger partial charge in [0.15, 0.2) is 5.82 Å². The number of carbonyl (C=O) groups is 3. The quantitative estimate of drug-likeness (QED) is 0.245. The number of hydrogen-bond donors (Lipinski definition) is 3. The molecule has 0 radical (unpaired) electrons. The molecular formula is C33H36ClN9O3. The van der Waals surface area contributed by atoms with Crippen LogP contribution in [0.5, 0.6) is 0 Å². The minimum Gasteiger partial charge on any atom is -0.382 e. The van der Waals surface area contributed by atoms with Gasteiger partial charge in [-0.15, -0.1) is 0 Å². The minimum atomic E-state index is -0.431. The number of anilines is 5. The molecule has 3 atom stereocenters. The number of nitrogens with one attached hydrogen (secondary N) is 3. The van der Waals surface area contributed by atoms with Crippen LogP contribution in [0.15, 0.2) is 48.7 Å². The van der Waals surface area contributed by atoms with Gasteiger partial charge in [-0.05, 0) is 61.6 Å². The maximum atomic E-state index is 12.5. The third kappa shape index (κ3) is 5.84. The van der Waals surface area contributed by atoms with Gasteiger partial charge in [0.2, 0.25) is 23.7 Å². The van der Waals surface area contributed by atoms with Gasteiger partial charge in [-0.2, -0.15) is 10.1 Å². The van der Waals surface area contributed by atoms with Crippen LogP contribution in [0.25, 0.3) is 10.9 Å². The molecule has 12 nitrogen and oxygen atoms in total. The van der Waals surface area contributed by atoms with Crippen LogP contribution in [-0.2, 0) is 21.4 Å². The van der Waals surface area contributed by atoms with Crippen LogP contribution in [0, 0.1) is 5.92 Å². The van der Waals surface area contributed by atoms with E-state index in [1.165, 1.54) is 0 Å². The molecule has 0 spiro atoms. The Morgan fingerprint density at radius 1 is 1.02 bits per heavy atom. The van der Waals surface area contributed by atoms with Crippen molar-refractivity contribution in [2.75, 3.05) is 40.1 Å². The lowest BCUT2D eigenvalue weighted by atomic mass is 9.92. The number of aromatic nitrogens is 4. The second-order valence-corrected chi connectivity index (χ2v) is 12.8. The van der Waals surface area contributed by atoms with Crippen LogP contribution in [0.4, 0.5) is 28.8 Å². The molecule has 3 aliphatic rings. The largest absolute Gasteiger partial charge is 0.382 e. The van der Waals surface area contributed by atoms with E-state index >= 15 is 0 Å². The standard InChI is InChI=1S/C33H36ClN9O3/c1-19-18-42(31-25(34)17-35-33(39-31)37-20-5-3-6-22(15-20)43-13-4-7-29(43)45)14-12-26(19)36-21-8-9-23-27(16-21)41(2)40-30(23)24-10-11-28(44)38-32(24)46/h3,5-6,8-9,15-17,19,24,26,36H,4,7,10-14,18H2,1-2H3,(H,35,37,39)(H,38,44,46)/t19-,24?,26-/m1/s1. The highest BCUT2D eigenvalue weighted by atomic mass is 35.5. The lowest BCUT2D eigenvalue weighted by Crippen LogP contribution is -2.45. The monoisotopic (exact) mass is 641 g/mol. The summed E-state index contributed by atoms with van der Waals surface area (Å²) in [6.45, 7) is 4.47. The molecule has 4 aromatic rings. The van der Waals surface area contributed by atoms with Crippen molar-refractivity contribution in [1.29, 1.82) is 0 Å². The number of benzene rings is 2. The van der Waals surface area contributed by atoms with Gasteiger partial charge in [-0.25, -0.2) is 4.98 Å². The smallest absolute Gasteiger partial charge is 0.235 e. The van der Waals surface area contributed by atoms with Crippen molar-refractivity contribution < 1.29 is 14.4 Å². The molecule has 3 fully saturated rings. The van der Waals surface area contributed by atoms with E-state index in [0.29, 0.717) is 41.7 Å². The Labute approximate surface area is 271 Å². The van der Waals surface area contributed by atoms with Gasteiger partial charge < -0.3 is 20.4 Å². The molecule has 238 valence electrons. The maximum absolute atomic E-state index is 12.5. The fourth-order valence-corrected chi connectivity index (χ4v) is 7.01. The van der Waals surface area contributed by atoms with E-state index in [9.17, 15) is 14.4 Å². The first kappa shape index (κ1) is 30.0. The van der Waals surface area contributed by atoms with Crippen molar-refractivity contribution in [2.45, 2.75) is 51.0 Å². The second-order valence-electron chi connectivity index (χ2n) is 12.4. The van der Waals surface area contributed by atoms with Gasteiger partial charge in [-0.1, -0.05) is 24.6 Å². The van der Waals surface area contributed by atoms with Crippen molar-refractivity contribution in [3.63, 3.8) is 0 Å². The number of carbonyl (C=O) groups excluding carboxylic acids is 3. The summed E-state index contributed by atoms with van der Waals surface area (Å²) < 4.78 is 1.80. The van der Waals surface area contributed by atoms with Crippen molar-refractivity contribution in [1.82, 2.24) is 25.1 Å². The molecule has 3 saturated heterocycles. The summed E-state index contributed by atoms with van der Waals surface area (Å²) in [7, 11) is 1.88. The molecule has 3 amide bonds. The zero-order chi connectivity index (χ0) is 31.9. The molecule has 13 heteroatoms. The molecule has 3 aliphatic heterocycles. The molecule has 2 aromatic heterocycles. The zero-order valence-corrected chi connectivity index (χ0v) is 26.5. The summed E-state index contributed by atoms with van der Waals surface area (Å²) in [4.78, 5) is 49.6. The van der Waals surface area contributed by atoms with E-state index < -0.39 is 5.92 Å². The highest BCUT2D eigenvalue weighted by Gasteiger charge is 2.32. The number of rotatable bonds is 7. The fraction of sp³-hybridized carbons (Fsp3) is 0.394. The first-order valence-corrected chi connectivity index (χ1v) is 16.1. The Balaban J connectivity index is 1.02. The maximum Gasteiger partial charge on any atom is 0.235 e. The van der Waals surface area contributed by atoms with Gasteiger partial charge in [0.05, 0.1) is 23.3 Å². The van der Waals surface area contributed by atoms with Gasteiger partial charge in [0, 0.05) is 68.0 Å². The molecule has 3 N–H and O–H groups in total. The highest BCUT2D eigenvalue weighted by molar-refractivity contribution is 6.32. The number of amides is 3. The first-order valence-electron chi connectivity index (χ1n) is 15.8.